The van der Waals surface area contributed by atoms with Crippen LogP contribution in [0.25, 0.3) is 0 Å². The summed E-state index contributed by atoms with van der Waals surface area (Å²) in [4.78, 5) is 0. The van der Waals surface area contributed by atoms with Crippen LogP contribution < -0.4 is 0 Å². The van der Waals surface area contributed by atoms with Gasteiger partial charge in [0.05, 0.1) is 28.2 Å². The van der Waals surface area contributed by atoms with E-state index in [0.29, 0.717) is 12.8 Å². The second-order valence-electron chi connectivity index (χ2n) is 5.25. The fraction of sp³-hybridized carbons (Fsp3) is 0.286. The van der Waals surface area contributed by atoms with Crippen molar-refractivity contribution in [2.75, 3.05) is 28.2 Å². The molecule has 5 heteroatoms. The molecule has 2 fully saturated rings. The third-order valence-corrected chi connectivity index (χ3v) is 3.47. The summed E-state index contributed by atoms with van der Waals surface area (Å²) in [5, 5.41) is 0. The minimum absolute atomic E-state index is 0. The maximum Gasteiger partial charge on any atom is 2.00 e. The van der Waals surface area contributed by atoms with E-state index in [4.69, 9.17) is 0 Å². The van der Waals surface area contributed by atoms with Crippen LogP contribution in [0.4, 0.5) is 0 Å². The molecule has 0 N–H and O–H groups in total. The largest absolute Gasteiger partial charge is 2.00 e. The molecule has 0 aliphatic heterocycles. The molecular weight excluding hydrogens is 274 g/mol. The van der Waals surface area contributed by atoms with E-state index in [2.05, 4.69) is 88.5 Å². The monoisotopic (exact) mass is 294 g/mol. The molecule has 0 spiro atoms. The van der Waals surface area contributed by atoms with Gasteiger partial charge in [-0.3, -0.25) is 0 Å². The first-order valence-corrected chi connectivity index (χ1v) is 6.37. The summed E-state index contributed by atoms with van der Waals surface area (Å²) < 4.78 is 4.60. The topological polar surface area (TPSA) is 6.02 Å². The SMILES string of the molecule is C[N+](C)=[B-]([B-]([C]1[CH][CH][CH][CH]1)=[N+](C)C)[C]1[CH][CH][CH][CH]1.[Fe+2]. The molecule has 0 aromatic carbocycles. The van der Waals surface area contributed by atoms with Gasteiger partial charge in [-0.2, -0.15) is 11.6 Å². The summed E-state index contributed by atoms with van der Waals surface area (Å²) in [5.74, 6) is 2.75. The maximum atomic E-state index is 2.30. The van der Waals surface area contributed by atoms with Gasteiger partial charge in [-0.25, -0.2) is 0 Å². The Bertz CT molecular complexity index is 324. The fourth-order valence-electron chi connectivity index (χ4n) is 2.70. The van der Waals surface area contributed by atoms with Gasteiger partial charge >= 0.3 is 17.1 Å². The number of nitrogens with zero attached hydrogens (tertiary/aromatic N) is 2. The second kappa shape index (κ2) is 7.88. The van der Waals surface area contributed by atoms with E-state index in [1.54, 1.807) is 0 Å². The average molecular weight is 294 g/mol. The van der Waals surface area contributed by atoms with Gasteiger partial charge in [-0.05, 0) is 25.7 Å². The summed E-state index contributed by atoms with van der Waals surface area (Å²) >= 11 is 0. The Kier molecular flexibility index (Phi) is 7.18. The van der Waals surface area contributed by atoms with Gasteiger partial charge in [-0.15, -0.1) is 0 Å². The normalized spacial score (nSPS) is 20.2. The number of hydrogen-bond acceptors (Lipinski definition) is 0. The molecule has 0 aromatic rings. The molecule has 0 amide bonds. The van der Waals surface area contributed by atoms with Crippen molar-refractivity contribution in [1.82, 2.24) is 0 Å². The Labute approximate surface area is 130 Å². The van der Waals surface area contributed by atoms with Gasteiger partial charge in [0.25, 0.3) is 0 Å². The van der Waals surface area contributed by atoms with Crippen LogP contribution in [0.3, 0.4) is 0 Å². The Balaban J connectivity index is 0.00000180. The average Bonchev–Trinajstić information content (AvgIpc) is 2.97. The molecule has 10 radical (unpaired) electrons. The van der Waals surface area contributed by atoms with Crippen LogP contribution in [-0.4, -0.2) is 49.9 Å². The van der Waals surface area contributed by atoms with Gasteiger partial charge < -0.3 is 8.96 Å². The summed E-state index contributed by atoms with van der Waals surface area (Å²) in [5.41, 5.74) is 0. The van der Waals surface area contributed by atoms with Gasteiger partial charge in [0.2, 0.25) is 0 Å². The Morgan fingerprint density at radius 3 is 1.11 bits per heavy atom. The summed E-state index contributed by atoms with van der Waals surface area (Å²) in [6, 6.07) is 0. The minimum atomic E-state index is 0. The molecule has 0 saturated heterocycles. The summed E-state index contributed by atoms with van der Waals surface area (Å²) in [6.45, 7) is 0. The van der Waals surface area contributed by atoms with Crippen LogP contribution in [0.5, 0.6) is 0 Å². The summed E-state index contributed by atoms with van der Waals surface area (Å²) in [7, 11) is 8.60. The van der Waals surface area contributed by atoms with E-state index in [0.717, 1.165) is 0 Å². The molecule has 98 valence electrons. The third kappa shape index (κ3) is 4.11. The van der Waals surface area contributed by atoms with Crippen LogP contribution in [0.2, 0.25) is 0 Å². The molecule has 0 atom stereocenters. The summed E-state index contributed by atoms with van der Waals surface area (Å²) in [6.07, 6.45) is 18.1. The Morgan fingerprint density at radius 2 is 0.895 bits per heavy atom. The number of rotatable bonds is 3. The van der Waals surface area contributed by atoms with Crippen molar-refractivity contribution in [3.63, 3.8) is 0 Å². The van der Waals surface area contributed by atoms with Crippen molar-refractivity contribution in [2.45, 2.75) is 0 Å². The number of hydrogen-bond donors (Lipinski definition) is 0. The van der Waals surface area contributed by atoms with Crippen molar-refractivity contribution in [3.05, 3.63) is 63.0 Å². The predicted octanol–water partition coefficient (Wildman–Crippen LogP) is 1.02. The van der Waals surface area contributed by atoms with Crippen molar-refractivity contribution >= 4 is 12.8 Å². The quantitative estimate of drug-likeness (QED) is 0.685. The minimum Gasteiger partial charge on any atom is -0.528 e. The van der Waals surface area contributed by atoms with E-state index in [9.17, 15) is 0 Å². The Hall–Kier alpha value is 0.249. The molecule has 2 nitrogen and oxygen atoms in total. The van der Waals surface area contributed by atoms with Crippen LogP contribution in [0.1, 0.15) is 0 Å². The van der Waals surface area contributed by atoms with Gasteiger partial charge in [0, 0.05) is 12.8 Å². The maximum absolute atomic E-state index is 2.30. The van der Waals surface area contributed by atoms with E-state index in [1.807, 2.05) is 0 Å². The molecular formula is C14H20B2FeN2+2. The molecule has 2 rings (SSSR count). The van der Waals surface area contributed by atoms with Crippen molar-refractivity contribution in [1.29, 1.82) is 0 Å². The third-order valence-electron chi connectivity index (χ3n) is 3.47. The first kappa shape index (κ1) is 17.3. The zero-order valence-corrected chi connectivity index (χ0v) is 13.1. The molecule has 2 aliphatic rings. The standard InChI is InChI=1S/C14H20B2N2.Fe/c1-17(2)15(13-9-5-6-10-13)16(18(3)4)14-11-7-8-12-14;/h5-12H,1-4H3;/q;+2. The molecule has 0 unspecified atom stereocenters. The predicted molar refractivity (Wildman–Crippen MR) is 76.6 cm³/mol. The van der Waals surface area contributed by atoms with Gasteiger partial charge in [0.1, 0.15) is 0 Å². The van der Waals surface area contributed by atoms with Crippen LogP contribution in [0, 0.1) is 63.0 Å². The molecule has 0 aromatic heterocycles. The van der Waals surface area contributed by atoms with E-state index in [1.165, 1.54) is 11.6 Å². The second-order valence-corrected chi connectivity index (χ2v) is 5.25. The first-order valence-electron chi connectivity index (χ1n) is 6.37. The van der Waals surface area contributed by atoms with Crippen LogP contribution in [0.15, 0.2) is 0 Å². The first-order chi connectivity index (χ1) is 8.61. The fourth-order valence-corrected chi connectivity index (χ4v) is 2.70. The molecule has 2 aliphatic carbocycles. The van der Waals surface area contributed by atoms with Crippen LogP contribution in [-0.2, 0) is 17.1 Å². The van der Waals surface area contributed by atoms with Crippen molar-refractivity contribution in [2.24, 2.45) is 0 Å². The Morgan fingerprint density at radius 1 is 0.632 bits per heavy atom. The van der Waals surface area contributed by atoms with Crippen molar-refractivity contribution in [3.8, 4) is 0 Å². The van der Waals surface area contributed by atoms with E-state index in [-0.39, 0.29) is 17.1 Å². The zero-order valence-electron chi connectivity index (χ0n) is 12.0. The van der Waals surface area contributed by atoms with Crippen molar-refractivity contribution < 1.29 is 26.0 Å². The van der Waals surface area contributed by atoms with Crippen LogP contribution >= 0.6 is 0 Å². The molecule has 2 saturated carbocycles. The molecule has 0 bridgehead atoms. The smallest absolute Gasteiger partial charge is 0.528 e. The molecule has 19 heavy (non-hydrogen) atoms. The zero-order chi connectivity index (χ0) is 13.1. The van der Waals surface area contributed by atoms with E-state index < -0.39 is 0 Å². The van der Waals surface area contributed by atoms with Gasteiger partial charge in [0.15, 0.2) is 0 Å². The molecule has 0 heterocycles. The van der Waals surface area contributed by atoms with E-state index >= 15 is 0 Å². The van der Waals surface area contributed by atoms with Gasteiger partial charge in [-0.1, -0.05) is 25.7 Å².